The molecule has 3 heteroatoms. The third kappa shape index (κ3) is 5.50. The Hall–Kier alpha value is -0.730. The third-order valence-electron chi connectivity index (χ3n) is 2.05. The Balaban J connectivity index is 3.60. The van der Waals surface area contributed by atoms with E-state index in [-0.39, 0.29) is 6.03 Å². The van der Waals surface area contributed by atoms with Gasteiger partial charge in [0.2, 0.25) is 0 Å². The molecule has 0 saturated heterocycles. The molecule has 1 N–H and O–H groups in total. The van der Waals surface area contributed by atoms with Gasteiger partial charge in [-0.1, -0.05) is 13.8 Å². The number of rotatable bonds is 5. The van der Waals surface area contributed by atoms with Crippen molar-refractivity contribution in [3.05, 3.63) is 0 Å². The van der Waals surface area contributed by atoms with E-state index in [4.69, 9.17) is 0 Å². The SMILES string of the molecule is CCN(CC)C(=O)NCCC(C)C. The Bertz CT molecular complexity index is 142. The average Bonchev–Trinajstić information content (AvgIpc) is 2.05. The maximum atomic E-state index is 11.4. The van der Waals surface area contributed by atoms with Gasteiger partial charge in [0.25, 0.3) is 0 Å². The summed E-state index contributed by atoms with van der Waals surface area (Å²) in [6.07, 6.45) is 1.05. The molecule has 0 saturated carbocycles. The molecule has 13 heavy (non-hydrogen) atoms. The van der Waals surface area contributed by atoms with Crippen molar-refractivity contribution in [2.75, 3.05) is 19.6 Å². The molecule has 0 aromatic carbocycles. The first-order chi connectivity index (χ1) is 6.11. The molecule has 0 aliphatic rings. The van der Waals surface area contributed by atoms with Crippen LogP contribution in [0.5, 0.6) is 0 Å². The molecule has 0 atom stereocenters. The summed E-state index contributed by atoms with van der Waals surface area (Å²) in [7, 11) is 0. The highest BCUT2D eigenvalue weighted by Crippen LogP contribution is 1.97. The van der Waals surface area contributed by atoms with E-state index in [1.807, 2.05) is 13.8 Å². The fourth-order valence-corrected chi connectivity index (χ4v) is 1.09. The van der Waals surface area contributed by atoms with Gasteiger partial charge in [-0.25, -0.2) is 4.79 Å². The molecular weight excluding hydrogens is 164 g/mol. The van der Waals surface area contributed by atoms with Crippen LogP contribution < -0.4 is 5.32 Å². The molecule has 0 unspecified atom stereocenters. The zero-order valence-corrected chi connectivity index (χ0v) is 9.26. The maximum absolute atomic E-state index is 11.4. The second-order valence-corrected chi connectivity index (χ2v) is 3.59. The Kier molecular flexibility index (Phi) is 6.37. The van der Waals surface area contributed by atoms with Crippen molar-refractivity contribution in [3.8, 4) is 0 Å². The number of hydrogen-bond donors (Lipinski definition) is 1. The first-order valence-electron chi connectivity index (χ1n) is 5.14. The van der Waals surface area contributed by atoms with Crippen molar-refractivity contribution in [3.63, 3.8) is 0 Å². The van der Waals surface area contributed by atoms with Gasteiger partial charge in [-0.3, -0.25) is 0 Å². The maximum Gasteiger partial charge on any atom is 0.317 e. The molecule has 78 valence electrons. The minimum Gasteiger partial charge on any atom is -0.338 e. The summed E-state index contributed by atoms with van der Waals surface area (Å²) in [6.45, 7) is 10.6. The zero-order valence-electron chi connectivity index (χ0n) is 9.26. The Labute approximate surface area is 81.5 Å². The van der Waals surface area contributed by atoms with Crippen LogP contribution in [0.1, 0.15) is 34.1 Å². The summed E-state index contributed by atoms with van der Waals surface area (Å²) < 4.78 is 0. The fourth-order valence-electron chi connectivity index (χ4n) is 1.09. The van der Waals surface area contributed by atoms with Crippen molar-refractivity contribution in [1.82, 2.24) is 10.2 Å². The first kappa shape index (κ1) is 12.3. The molecule has 0 aromatic heterocycles. The third-order valence-corrected chi connectivity index (χ3v) is 2.05. The summed E-state index contributed by atoms with van der Waals surface area (Å²) in [5.41, 5.74) is 0. The van der Waals surface area contributed by atoms with Gasteiger partial charge in [-0.2, -0.15) is 0 Å². The Morgan fingerprint density at radius 2 is 1.85 bits per heavy atom. The van der Waals surface area contributed by atoms with Crippen LogP contribution >= 0.6 is 0 Å². The number of carbonyl (C=O) groups excluding carboxylic acids is 1. The molecule has 0 rings (SSSR count). The lowest BCUT2D eigenvalue weighted by atomic mass is 10.1. The number of nitrogens with zero attached hydrogens (tertiary/aromatic N) is 1. The molecule has 0 bridgehead atoms. The zero-order chi connectivity index (χ0) is 10.3. The average molecular weight is 186 g/mol. The van der Waals surface area contributed by atoms with Crippen LogP contribution in [0.2, 0.25) is 0 Å². The molecule has 0 radical (unpaired) electrons. The van der Waals surface area contributed by atoms with Gasteiger partial charge in [-0.15, -0.1) is 0 Å². The lowest BCUT2D eigenvalue weighted by Crippen LogP contribution is -2.40. The van der Waals surface area contributed by atoms with Crippen LogP contribution in [-0.4, -0.2) is 30.6 Å². The van der Waals surface area contributed by atoms with Crippen molar-refractivity contribution in [2.24, 2.45) is 5.92 Å². The van der Waals surface area contributed by atoms with Crippen LogP contribution in [0.4, 0.5) is 4.79 Å². The molecule has 0 heterocycles. The quantitative estimate of drug-likeness (QED) is 0.700. The minimum atomic E-state index is 0.0608. The topological polar surface area (TPSA) is 32.3 Å². The monoisotopic (exact) mass is 186 g/mol. The second-order valence-electron chi connectivity index (χ2n) is 3.59. The van der Waals surface area contributed by atoms with E-state index in [2.05, 4.69) is 19.2 Å². The fraction of sp³-hybridized carbons (Fsp3) is 0.900. The lowest BCUT2D eigenvalue weighted by molar-refractivity contribution is 0.203. The number of hydrogen-bond acceptors (Lipinski definition) is 1. The molecule has 0 spiro atoms. The minimum absolute atomic E-state index is 0.0608. The van der Waals surface area contributed by atoms with Gasteiger partial charge in [-0.05, 0) is 26.2 Å². The molecule has 0 fully saturated rings. The number of urea groups is 1. The molecule has 0 aliphatic carbocycles. The van der Waals surface area contributed by atoms with Gasteiger partial charge < -0.3 is 10.2 Å². The highest BCUT2D eigenvalue weighted by Gasteiger charge is 2.07. The van der Waals surface area contributed by atoms with Crippen LogP contribution in [0.15, 0.2) is 0 Å². The van der Waals surface area contributed by atoms with Crippen molar-refractivity contribution in [2.45, 2.75) is 34.1 Å². The molecular formula is C10H22N2O. The van der Waals surface area contributed by atoms with E-state index in [9.17, 15) is 4.79 Å². The Morgan fingerprint density at radius 3 is 2.23 bits per heavy atom. The van der Waals surface area contributed by atoms with E-state index in [0.29, 0.717) is 5.92 Å². The lowest BCUT2D eigenvalue weighted by Gasteiger charge is -2.19. The molecule has 3 nitrogen and oxygen atoms in total. The smallest absolute Gasteiger partial charge is 0.317 e. The first-order valence-corrected chi connectivity index (χ1v) is 5.14. The largest absolute Gasteiger partial charge is 0.338 e. The van der Waals surface area contributed by atoms with E-state index in [1.165, 1.54) is 0 Å². The van der Waals surface area contributed by atoms with E-state index in [1.54, 1.807) is 4.90 Å². The second kappa shape index (κ2) is 6.75. The predicted octanol–water partition coefficient (Wildman–Crippen LogP) is 2.08. The Morgan fingerprint density at radius 1 is 1.31 bits per heavy atom. The standard InChI is InChI=1S/C10H22N2O/c1-5-12(6-2)10(13)11-8-7-9(3)4/h9H,5-8H2,1-4H3,(H,11,13). The van der Waals surface area contributed by atoms with E-state index >= 15 is 0 Å². The van der Waals surface area contributed by atoms with Crippen LogP contribution in [0.3, 0.4) is 0 Å². The molecule has 0 aliphatic heterocycles. The van der Waals surface area contributed by atoms with Gasteiger partial charge >= 0.3 is 6.03 Å². The summed E-state index contributed by atoms with van der Waals surface area (Å²) in [4.78, 5) is 13.2. The van der Waals surface area contributed by atoms with Crippen LogP contribution in [0, 0.1) is 5.92 Å². The van der Waals surface area contributed by atoms with E-state index < -0.39 is 0 Å². The van der Waals surface area contributed by atoms with Gasteiger partial charge in [0.15, 0.2) is 0 Å². The highest BCUT2D eigenvalue weighted by molar-refractivity contribution is 5.73. The van der Waals surface area contributed by atoms with Crippen LogP contribution in [-0.2, 0) is 0 Å². The molecule has 0 aromatic rings. The number of carbonyl (C=O) groups is 1. The van der Waals surface area contributed by atoms with Crippen molar-refractivity contribution < 1.29 is 4.79 Å². The van der Waals surface area contributed by atoms with Crippen molar-refractivity contribution >= 4 is 6.03 Å². The summed E-state index contributed by atoms with van der Waals surface area (Å²) in [5.74, 6) is 0.650. The van der Waals surface area contributed by atoms with Gasteiger partial charge in [0, 0.05) is 19.6 Å². The molecule has 2 amide bonds. The summed E-state index contributed by atoms with van der Waals surface area (Å²) >= 11 is 0. The van der Waals surface area contributed by atoms with Crippen molar-refractivity contribution in [1.29, 1.82) is 0 Å². The van der Waals surface area contributed by atoms with Gasteiger partial charge in [0.1, 0.15) is 0 Å². The summed E-state index contributed by atoms with van der Waals surface area (Å²) in [6, 6.07) is 0.0608. The number of nitrogens with one attached hydrogen (secondary N) is 1. The number of amides is 2. The van der Waals surface area contributed by atoms with Crippen LogP contribution in [0.25, 0.3) is 0 Å². The van der Waals surface area contributed by atoms with E-state index in [0.717, 1.165) is 26.1 Å². The normalized spacial score (nSPS) is 10.2. The summed E-state index contributed by atoms with van der Waals surface area (Å²) in [5, 5.41) is 2.90. The highest BCUT2D eigenvalue weighted by atomic mass is 16.2. The predicted molar refractivity (Wildman–Crippen MR) is 55.8 cm³/mol. The van der Waals surface area contributed by atoms with Gasteiger partial charge in [0.05, 0.1) is 0 Å².